The fraction of sp³-hybridized carbons (Fsp3) is 0.318. The largest absolute Gasteiger partial charge is 0.492 e. The zero-order valence-corrected chi connectivity index (χ0v) is 31.9. The Morgan fingerprint density at radius 3 is 2.46 bits per heavy atom. The Hall–Kier alpha value is -4.96. The lowest BCUT2D eigenvalue weighted by Gasteiger charge is -2.31. The summed E-state index contributed by atoms with van der Waals surface area (Å²) in [6, 6.07) is 32.0. The van der Waals surface area contributed by atoms with Crippen LogP contribution >= 0.6 is 11.6 Å². The fourth-order valence-electron chi connectivity index (χ4n) is 6.69. The summed E-state index contributed by atoms with van der Waals surface area (Å²) in [5.41, 5.74) is 3.17. The van der Waals surface area contributed by atoms with E-state index in [1.165, 1.54) is 22.4 Å². The van der Waals surface area contributed by atoms with E-state index in [4.69, 9.17) is 25.8 Å². The molecule has 2 amide bonds. The minimum absolute atomic E-state index is 0.0243. The third-order valence-electron chi connectivity index (χ3n) is 9.24. The Kier molecular flexibility index (Phi) is 12.5. The first-order chi connectivity index (χ1) is 26.0. The van der Waals surface area contributed by atoms with E-state index >= 15 is 0 Å². The van der Waals surface area contributed by atoms with E-state index < -0.39 is 23.9 Å². The quantitative estimate of drug-likeness (QED) is 0.110. The molecule has 0 radical (unpaired) electrons. The number of rotatable bonds is 14. The maximum Gasteiger partial charge on any atom is 0.256 e. The summed E-state index contributed by atoms with van der Waals surface area (Å²) < 4.78 is 33.2. The minimum Gasteiger partial charge on any atom is -0.492 e. The SMILES string of the molecule is COc1c(OCCCNCc2ccc3ccccc3c2)cccc1[C@H]1O[C@H](CC(=O)NCc2ccccc2F)C(=O)N(CC(C)(C)C)c2ccc(Cl)cc21. The first-order valence-electron chi connectivity index (χ1n) is 18.3. The van der Waals surface area contributed by atoms with E-state index in [0.29, 0.717) is 52.1 Å². The third-order valence-corrected chi connectivity index (χ3v) is 9.47. The first kappa shape index (κ1) is 38.8. The van der Waals surface area contributed by atoms with Crippen LogP contribution in [0.25, 0.3) is 10.8 Å². The molecule has 5 aromatic carbocycles. The van der Waals surface area contributed by atoms with Gasteiger partial charge in [-0.3, -0.25) is 9.59 Å². The molecule has 0 saturated carbocycles. The van der Waals surface area contributed by atoms with Gasteiger partial charge in [0, 0.05) is 47.0 Å². The second kappa shape index (κ2) is 17.5. The van der Waals surface area contributed by atoms with Crippen molar-refractivity contribution in [3.8, 4) is 11.5 Å². The second-order valence-electron chi connectivity index (χ2n) is 14.7. The van der Waals surface area contributed by atoms with E-state index in [9.17, 15) is 14.0 Å². The summed E-state index contributed by atoms with van der Waals surface area (Å²) >= 11 is 6.60. The van der Waals surface area contributed by atoms with Crippen LogP contribution in [0.1, 0.15) is 62.0 Å². The first-order valence-corrected chi connectivity index (χ1v) is 18.6. The van der Waals surface area contributed by atoms with Gasteiger partial charge in [0.2, 0.25) is 5.91 Å². The van der Waals surface area contributed by atoms with Crippen molar-refractivity contribution in [2.24, 2.45) is 5.41 Å². The number of fused-ring (bicyclic) bond motifs is 2. The van der Waals surface area contributed by atoms with Crippen LogP contribution in [0.5, 0.6) is 11.5 Å². The number of carbonyl (C=O) groups excluding carboxylic acids is 2. The van der Waals surface area contributed by atoms with E-state index in [0.717, 1.165) is 19.5 Å². The average Bonchev–Trinajstić information content (AvgIpc) is 3.25. The number of nitrogens with one attached hydrogen (secondary N) is 2. The number of halogens is 2. The number of ether oxygens (including phenoxy) is 3. The van der Waals surface area contributed by atoms with Crippen molar-refractivity contribution in [1.29, 1.82) is 0 Å². The molecule has 6 rings (SSSR count). The van der Waals surface area contributed by atoms with Crippen LogP contribution < -0.4 is 25.0 Å². The van der Waals surface area contributed by atoms with Gasteiger partial charge in [-0.15, -0.1) is 0 Å². The molecule has 0 bridgehead atoms. The van der Waals surface area contributed by atoms with Gasteiger partial charge in [-0.05, 0) is 71.1 Å². The van der Waals surface area contributed by atoms with Crippen LogP contribution in [0.3, 0.4) is 0 Å². The predicted molar refractivity (Wildman–Crippen MR) is 212 cm³/mol. The van der Waals surface area contributed by atoms with E-state index in [-0.39, 0.29) is 24.3 Å². The maximum atomic E-state index is 14.4. The van der Waals surface area contributed by atoms with Crippen LogP contribution in [-0.4, -0.2) is 44.7 Å². The lowest BCUT2D eigenvalue weighted by molar-refractivity contribution is -0.138. The number of nitrogens with zero attached hydrogens (tertiary/aromatic N) is 1. The van der Waals surface area contributed by atoms with Gasteiger partial charge in [0.25, 0.3) is 5.91 Å². The van der Waals surface area contributed by atoms with E-state index in [1.807, 2.05) is 57.2 Å². The molecule has 1 aliphatic rings. The molecule has 0 aromatic heterocycles. The highest BCUT2D eigenvalue weighted by Gasteiger charge is 2.40. The molecule has 1 aliphatic heterocycles. The predicted octanol–water partition coefficient (Wildman–Crippen LogP) is 8.77. The van der Waals surface area contributed by atoms with Gasteiger partial charge in [-0.25, -0.2) is 4.39 Å². The zero-order chi connectivity index (χ0) is 38.2. The van der Waals surface area contributed by atoms with Gasteiger partial charge >= 0.3 is 0 Å². The molecule has 0 unspecified atom stereocenters. The second-order valence-corrected chi connectivity index (χ2v) is 15.1. The Labute approximate surface area is 321 Å². The fourth-order valence-corrected chi connectivity index (χ4v) is 6.87. The smallest absolute Gasteiger partial charge is 0.256 e. The molecular weight excluding hydrogens is 705 g/mol. The van der Waals surface area contributed by atoms with Crippen molar-refractivity contribution >= 4 is 39.9 Å². The molecule has 1 heterocycles. The van der Waals surface area contributed by atoms with Crippen molar-refractivity contribution in [3.05, 3.63) is 136 Å². The van der Waals surface area contributed by atoms with Crippen LogP contribution in [0.4, 0.5) is 10.1 Å². The topological polar surface area (TPSA) is 89.1 Å². The number of methoxy groups -OCH3 is 1. The highest BCUT2D eigenvalue weighted by molar-refractivity contribution is 6.30. The molecule has 8 nitrogen and oxygen atoms in total. The van der Waals surface area contributed by atoms with Gasteiger partial charge in [0.1, 0.15) is 18.0 Å². The lowest BCUT2D eigenvalue weighted by Crippen LogP contribution is -2.45. The molecule has 282 valence electrons. The highest BCUT2D eigenvalue weighted by Crippen LogP contribution is 2.45. The number of hydrogen-bond acceptors (Lipinski definition) is 6. The summed E-state index contributed by atoms with van der Waals surface area (Å²) in [6.07, 6.45) is -1.55. The number of benzene rings is 5. The van der Waals surface area contributed by atoms with Gasteiger partial charge in [-0.2, -0.15) is 0 Å². The van der Waals surface area contributed by atoms with Crippen molar-refractivity contribution in [3.63, 3.8) is 0 Å². The molecule has 0 spiro atoms. The summed E-state index contributed by atoms with van der Waals surface area (Å²) in [5, 5.41) is 9.17. The van der Waals surface area contributed by atoms with Crippen LogP contribution in [0.2, 0.25) is 5.02 Å². The summed E-state index contributed by atoms with van der Waals surface area (Å²) in [7, 11) is 1.57. The standard InChI is InChI=1S/C44H47ClFN3O5/c1-44(2,3)28-49-37-20-19-33(45)24-35(37)41(54-39(43(49)51)25-40(50)48-27-32-13-7-8-15-36(32)46)34-14-9-16-38(42(34)52-4)53-22-10-21-47-26-29-17-18-30-11-5-6-12-31(30)23-29/h5-9,11-20,23-24,39,41,47H,10,21-22,25-28H2,1-4H3,(H,48,50)/t39-,41-/m1/s1. The van der Waals surface area contributed by atoms with Crippen molar-refractivity contribution in [2.75, 3.05) is 31.7 Å². The molecule has 54 heavy (non-hydrogen) atoms. The summed E-state index contributed by atoms with van der Waals surface area (Å²) in [5.74, 6) is -0.252. The Morgan fingerprint density at radius 2 is 1.69 bits per heavy atom. The minimum atomic E-state index is -1.17. The number of amides is 2. The summed E-state index contributed by atoms with van der Waals surface area (Å²) in [6.45, 7) is 8.38. The van der Waals surface area contributed by atoms with E-state index in [1.54, 1.807) is 42.3 Å². The van der Waals surface area contributed by atoms with Gasteiger partial charge < -0.3 is 29.7 Å². The number of hydrogen-bond donors (Lipinski definition) is 2. The number of anilines is 1. The number of para-hydroxylation sites is 1. The van der Waals surface area contributed by atoms with Crippen molar-refractivity contribution in [1.82, 2.24) is 10.6 Å². The van der Waals surface area contributed by atoms with Gasteiger partial charge in [0.15, 0.2) is 11.5 Å². The van der Waals surface area contributed by atoms with Crippen molar-refractivity contribution in [2.45, 2.75) is 58.9 Å². The van der Waals surface area contributed by atoms with Crippen LogP contribution in [-0.2, 0) is 27.4 Å². The highest BCUT2D eigenvalue weighted by atomic mass is 35.5. The number of carbonyl (C=O) groups is 2. The molecule has 0 fully saturated rings. The molecule has 0 aliphatic carbocycles. The van der Waals surface area contributed by atoms with Crippen molar-refractivity contribution < 1.29 is 28.2 Å². The molecule has 5 aromatic rings. The Balaban J connectivity index is 1.21. The van der Waals surface area contributed by atoms with Gasteiger partial charge in [0.05, 0.1) is 20.1 Å². The van der Waals surface area contributed by atoms with Crippen LogP contribution in [0, 0.1) is 11.2 Å². The molecule has 2 atom stereocenters. The van der Waals surface area contributed by atoms with Crippen LogP contribution in [0.15, 0.2) is 103 Å². The maximum absolute atomic E-state index is 14.4. The molecular formula is C44H47ClFN3O5. The molecule has 10 heteroatoms. The normalized spacial score (nSPS) is 15.8. The third kappa shape index (κ3) is 9.58. The monoisotopic (exact) mass is 751 g/mol. The zero-order valence-electron chi connectivity index (χ0n) is 31.2. The molecule has 2 N–H and O–H groups in total. The van der Waals surface area contributed by atoms with E-state index in [2.05, 4.69) is 41.0 Å². The lowest BCUT2D eigenvalue weighted by atomic mass is 9.94. The van der Waals surface area contributed by atoms with Gasteiger partial charge in [-0.1, -0.05) is 99.1 Å². The molecule has 0 saturated heterocycles. The Bertz CT molecular complexity index is 2100. The summed E-state index contributed by atoms with van der Waals surface area (Å²) in [4.78, 5) is 29.4. The average molecular weight is 752 g/mol. The Morgan fingerprint density at radius 1 is 0.907 bits per heavy atom.